The minimum Gasteiger partial charge on any atom is -0.361 e. The van der Waals surface area contributed by atoms with Gasteiger partial charge < -0.3 is 9.84 Å². The first-order chi connectivity index (χ1) is 7.06. The van der Waals surface area contributed by atoms with Gasteiger partial charge >= 0.3 is 0 Å². The molecule has 1 aromatic heterocycles. The average molecular weight is 208 g/mol. The van der Waals surface area contributed by atoms with E-state index < -0.39 is 0 Å². The normalized spacial score (nSPS) is 23.9. The largest absolute Gasteiger partial charge is 0.361 e. The van der Waals surface area contributed by atoms with E-state index in [1.54, 1.807) is 0 Å². The molecule has 2 rings (SSSR count). The maximum Gasteiger partial charge on any atom is 0.140 e. The van der Waals surface area contributed by atoms with E-state index in [2.05, 4.69) is 24.3 Å². The van der Waals surface area contributed by atoms with Gasteiger partial charge in [-0.3, -0.25) is 0 Å². The Labute approximate surface area is 91.2 Å². The van der Waals surface area contributed by atoms with E-state index in [0.717, 1.165) is 24.4 Å². The first-order valence-corrected chi connectivity index (χ1v) is 5.66. The molecule has 0 saturated carbocycles. The van der Waals surface area contributed by atoms with Crippen LogP contribution in [-0.2, 0) is 6.42 Å². The second-order valence-electron chi connectivity index (χ2n) is 5.20. The van der Waals surface area contributed by atoms with Crippen LogP contribution in [0.4, 0.5) is 0 Å². The molecule has 0 radical (unpaired) electrons. The molecule has 0 amide bonds. The SMILES string of the molecule is CNCC1c2c(C)noc2CCC1(C)C. The summed E-state index contributed by atoms with van der Waals surface area (Å²) in [4.78, 5) is 0. The standard InChI is InChI=1S/C12H20N2O/c1-8-11-9(7-13-4)12(2,3)6-5-10(11)15-14-8/h9,13H,5-7H2,1-4H3. The second kappa shape index (κ2) is 3.63. The molecule has 1 aliphatic rings. The summed E-state index contributed by atoms with van der Waals surface area (Å²) in [7, 11) is 2.01. The fourth-order valence-electron chi connectivity index (χ4n) is 2.63. The molecule has 1 aliphatic carbocycles. The van der Waals surface area contributed by atoms with Gasteiger partial charge in [0, 0.05) is 24.4 Å². The summed E-state index contributed by atoms with van der Waals surface area (Å²) < 4.78 is 5.38. The van der Waals surface area contributed by atoms with Crippen molar-refractivity contribution in [3.63, 3.8) is 0 Å². The summed E-state index contributed by atoms with van der Waals surface area (Å²) in [5.74, 6) is 1.63. The van der Waals surface area contributed by atoms with Crippen LogP contribution in [-0.4, -0.2) is 18.7 Å². The van der Waals surface area contributed by atoms with E-state index in [1.807, 2.05) is 14.0 Å². The molecule has 1 N–H and O–H groups in total. The van der Waals surface area contributed by atoms with Crippen molar-refractivity contribution in [1.29, 1.82) is 0 Å². The van der Waals surface area contributed by atoms with Crippen molar-refractivity contribution in [1.82, 2.24) is 10.5 Å². The Bertz CT molecular complexity index is 355. The summed E-state index contributed by atoms with van der Waals surface area (Å²) >= 11 is 0. The molecule has 3 nitrogen and oxygen atoms in total. The summed E-state index contributed by atoms with van der Waals surface area (Å²) in [5.41, 5.74) is 2.76. The number of rotatable bonds is 2. The Balaban J connectivity index is 2.42. The smallest absolute Gasteiger partial charge is 0.140 e. The fraction of sp³-hybridized carbons (Fsp3) is 0.750. The van der Waals surface area contributed by atoms with Crippen LogP contribution in [0.1, 0.15) is 43.2 Å². The fourth-order valence-corrected chi connectivity index (χ4v) is 2.63. The van der Waals surface area contributed by atoms with Gasteiger partial charge in [0.15, 0.2) is 0 Å². The number of nitrogens with zero attached hydrogens (tertiary/aromatic N) is 1. The highest BCUT2D eigenvalue weighted by Crippen LogP contribution is 2.45. The van der Waals surface area contributed by atoms with Gasteiger partial charge in [0.05, 0.1) is 5.69 Å². The van der Waals surface area contributed by atoms with Crippen LogP contribution in [0.2, 0.25) is 0 Å². The Kier molecular flexibility index (Phi) is 2.59. The molecule has 3 heteroatoms. The topological polar surface area (TPSA) is 38.1 Å². The zero-order valence-corrected chi connectivity index (χ0v) is 10.1. The van der Waals surface area contributed by atoms with E-state index in [9.17, 15) is 0 Å². The molecule has 1 aromatic rings. The van der Waals surface area contributed by atoms with Gasteiger partial charge in [-0.15, -0.1) is 0 Å². The van der Waals surface area contributed by atoms with Crippen molar-refractivity contribution in [3.05, 3.63) is 17.0 Å². The van der Waals surface area contributed by atoms with Crippen molar-refractivity contribution in [2.24, 2.45) is 5.41 Å². The molecule has 0 spiro atoms. The quantitative estimate of drug-likeness (QED) is 0.810. The first kappa shape index (κ1) is 10.7. The zero-order valence-electron chi connectivity index (χ0n) is 10.1. The first-order valence-electron chi connectivity index (χ1n) is 5.66. The lowest BCUT2D eigenvalue weighted by atomic mass is 9.67. The lowest BCUT2D eigenvalue weighted by Crippen LogP contribution is -2.34. The predicted octanol–water partition coefficient (Wildman–Crippen LogP) is 2.26. The molecular weight excluding hydrogens is 188 g/mol. The average Bonchev–Trinajstić information content (AvgIpc) is 2.53. The maximum absolute atomic E-state index is 5.38. The van der Waals surface area contributed by atoms with Crippen molar-refractivity contribution in [3.8, 4) is 0 Å². The molecule has 0 aliphatic heterocycles. The van der Waals surface area contributed by atoms with E-state index in [0.29, 0.717) is 11.3 Å². The highest BCUT2D eigenvalue weighted by atomic mass is 16.5. The van der Waals surface area contributed by atoms with Crippen LogP contribution >= 0.6 is 0 Å². The molecule has 15 heavy (non-hydrogen) atoms. The third-order valence-electron chi connectivity index (χ3n) is 3.68. The van der Waals surface area contributed by atoms with Gasteiger partial charge in [0.1, 0.15) is 5.76 Å². The number of nitrogens with one attached hydrogen (secondary N) is 1. The zero-order chi connectivity index (χ0) is 11.1. The molecule has 1 atom stereocenters. The molecular formula is C12H20N2O. The predicted molar refractivity (Wildman–Crippen MR) is 60.0 cm³/mol. The number of fused-ring (bicyclic) bond motifs is 1. The van der Waals surface area contributed by atoms with Crippen LogP contribution in [0.15, 0.2) is 4.52 Å². The van der Waals surface area contributed by atoms with E-state index in [1.165, 1.54) is 12.0 Å². The van der Waals surface area contributed by atoms with Crippen LogP contribution < -0.4 is 5.32 Å². The molecule has 84 valence electrons. The maximum atomic E-state index is 5.38. The third-order valence-corrected chi connectivity index (χ3v) is 3.68. The van der Waals surface area contributed by atoms with Crippen molar-refractivity contribution < 1.29 is 4.52 Å². The molecule has 0 fully saturated rings. The number of hydrogen-bond acceptors (Lipinski definition) is 3. The Morgan fingerprint density at radius 3 is 2.93 bits per heavy atom. The van der Waals surface area contributed by atoms with Crippen LogP contribution in [0.5, 0.6) is 0 Å². The lowest BCUT2D eigenvalue weighted by molar-refractivity contribution is 0.223. The third kappa shape index (κ3) is 1.69. The Morgan fingerprint density at radius 2 is 2.27 bits per heavy atom. The summed E-state index contributed by atoms with van der Waals surface area (Å²) in [5, 5.41) is 7.38. The number of hydrogen-bond donors (Lipinski definition) is 1. The van der Waals surface area contributed by atoms with Gasteiger partial charge in [0.2, 0.25) is 0 Å². The van der Waals surface area contributed by atoms with Crippen molar-refractivity contribution in [2.75, 3.05) is 13.6 Å². The van der Waals surface area contributed by atoms with Gasteiger partial charge in [0.25, 0.3) is 0 Å². The lowest BCUT2D eigenvalue weighted by Gasteiger charge is -2.37. The van der Waals surface area contributed by atoms with Gasteiger partial charge in [-0.1, -0.05) is 19.0 Å². The molecule has 1 heterocycles. The van der Waals surface area contributed by atoms with Crippen LogP contribution in [0.25, 0.3) is 0 Å². The molecule has 0 aromatic carbocycles. The highest BCUT2D eigenvalue weighted by molar-refractivity contribution is 5.31. The van der Waals surface area contributed by atoms with Gasteiger partial charge in [-0.2, -0.15) is 0 Å². The van der Waals surface area contributed by atoms with E-state index >= 15 is 0 Å². The van der Waals surface area contributed by atoms with Gasteiger partial charge in [-0.05, 0) is 25.8 Å². The monoisotopic (exact) mass is 208 g/mol. The molecule has 0 saturated heterocycles. The number of aryl methyl sites for hydroxylation is 2. The number of likely N-dealkylation sites (N-methyl/N-ethyl adjacent to an activating group) is 1. The van der Waals surface area contributed by atoms with Crippen LogP contribution in [0.3, 0.4) is 0 Å². The molecule has 0 bridgehead atoms. The number of aromatic nitrogens is 1. The van der Waals surface area contributed by atoms with Crippen molar-refractivity contribution >= 4 is 0 Å². The van der Waals surface area contributed by atoms with Gasteiger partial charge in [-0.25, -0.2) is 0 Å². The molecule has 1 unspecified atom stereocenters. The summed E-state index contributed by atoms with van der Waals surface area (Å²) in [6.45, 7) is 7.73. The second-order valence-corrected chi connectivity index (χ2v) is 5.20. The minimum absolute atomic E-state index is 0.340. The Morgan fingerprint density at radius 1 is 1.53 bits per heavy atom. The summed E-state index contributed by atoms with van der Waals surface area (Å²) in [6, 6.07) is 0. The minimum atomic E-state index is 0.340. The van der Waals surface area contributed by atoms with E-state index in [-0.39, 0.29) is 0 Å². The van der Waals surface area contributed by atoms with Crippen molar-refractivity contribution in [2.45, 2.75) is 39.5 Å². The Hall–Kier alpha value is -0.830. The van der Waals surface area contributed by atoms with E-state index in [4.69, 9.17) is 4.52 Å². The highest BCUT2D eigenvalue weighted by Gasteiger charge is 2.38. The van der Waals surface area contributed by atoms with Crippen LogP contribution in [0, 0.1) is 12.3 Å². The summed E-state index contributed by atoms with van der Waals surface area (Å²) in [6.07, 6.45) is 2.21.